The number of thioether (sulfide) groups is 1. The predicted octanol–water partition coefficient (Wildman–Crippen LogP) is 2.17. The number of β-lactam (4-membered cyclic amide) rings is 1. The minimum atomic E-state index is -0.370. The van der Waals surface area contributed by atoms with Gasteiger partial charge in [-0.05, 0) is 19.4 Å². The lowest BCUT2D eigenvalue weighted by Gasteiger charge is -2.43. The summed E-state index contributed by atoms with van der Waals surface area (Å²) in [5, 5.41) is 2.97. The first-order valence-electron chi connectivity index (χ1n) is 6.87. The van der Waals surface area contributed by atoms with Crippen LogP contribution in [0.3, 0.4) is 0 Å². The van der Waals surface area contributed by atoms with Gasteiger partial charge in [0.05, 0.1) is 10.5 Å². The maximum atomic E-state index is 12.2. The van der Waals surface area contributed by atoms with Crippen LogP contribution >= 0.6 is 34.4 Å². The zero-order chi connectivity index (χ0) is 15.2. The molecule has 112 valence electrons. The molecule has 2 aliphatic heterocycles. The molecule has 0 unspecified atom stereocenters. The summed E-state index contributed by atoms with van der Waals surface area (Å²) in [5.41, 5.74) is 0.963. The molecule has 0 radical (unpaired) electrons. The molecule has 0 saturated carbocycles. The third-order valence-electron chi connectivity index (χ3n) is 3.85. The van der Waals surface area contributed by atoms with Crippen LogP contribution in [-0.2, 0) is 16.0 Å². The van der Waals surface area contributed by atoms with Crippen LogP contribution in [0.4, 0.5) is 0 Å². The number of nitrogens with zero attached hydrogens (tertiary/aromatic N) is 1. The standard InChI is InChI=1S/C15H17IN2O2S/c1-15(2)14(16)18-12(20)11(13(18)21-15)17-10(19)8-9-6-4-3-5-7-9/h3-7,11,13-14H,8H2,1-2H3,(H,17,19)/t11-,13-,14-/m1/s1. The molecule has 0 aliphatic carbocycles. The van der Waals surface area contributed by atoms with Crippen molar-refractivity contribution in [2.75, 3.05) is 0 Å². The minimum absolute atomic E-state index is 0.0276. The second kappa shape index (κ2) is 5.46. The van der Waals surface area contributed by atoms with Crippen molar-refractivity contribution in [3.8, 4) is 0 Å². The number of carbonyl (C=O) groups excluding carboxylic acids is 2. The number of hydrogen-bond acceptors (Lipinski definition) is 3. The number of hydrogen-bond donors (Lipinski definition) is 1. The molecule has 0 spiro atoms. The summed E-state index contributed by atoms with van der Waals surface area (Å²) in [5.74, 6) is -0.0478. The summed E-state index contributed by atoms with van der Waals surface area (Å²) in [6.45, 7) is 4.28. The first kappa shape index (κ1) is 15.1. The highest BCUT2D eigenvalue weighted by atomic mass is 127. The van der Waals surface area contributed by atoms with Crippen molar-refractivity contribution in [1.29, 1.82) is 0 Å². The first-order valence-corrected chi connectivity index (χ1v) is 9.00. The van der Waals surface area contributed by atoms with Gasteiger partial charge in [0.1, 0.15) is 11.4 Å². The summed E-state index contributed by atoms with van der Waals surface area (Å²) < 4.78 is 0.208. The normalized spacial score (nSPS) is 29.8. The van der Waals surface area contributed by atoms with E-state index < -0.39 is 0 Å². The van der Waals surface area contributed by atoms with Gasteiger partial charge in [-0.25, -0.2) is 0 Å². The van der Waals surface area contributed by atoms with Gasteiger partial charge < -0.3 is 10.2 Å². The summed E-state index contributed by atoms with van der Waals surface area (Å²) in [6, 6.07) is 9.22. The molecule has 3 atom stereocenters. The molecular formula is C15H17IN2O2S. The summed E-state index contributed by atoms with van der Waals surface area (Å²) >= 11 is 4.09. The van der Waals surface area contributed by atoms with E-state index in [1.165, 1.54) is 0 Å². The Morgan fingerprint density at radius 2 is 2.05 bits per heavy atom. The summed E-state index contributed by atoms with van der Waals surface area (Å²) in [4.78, 5) is 26.2. The summed E-state index contributed by atoms with van der Waals surface area (Å²) in [6.07, 6.45) is 0.319. The second-order valence-corrected chi connectivity index (χ2v) is 8.85. The van der Waals surface area contributed by atoms with Crippen LogP contribution in [0, 0.1) is 0 Å². The number of fused-ring (bicyclic) bond motifs is 1. The molecule has 4 nitrogen and oxygen atoms in total. The maximum Gasteiger partial charge on any atom is 0.250 e. The average molecular weight is 416 g/mol. The smallest absolute Gasteiger partial charge is 0.250 e. The molecule has 2 aliphatic rings. The van der Waals surface area contributed by atoms with E-state index in [-0.39, 0.29) is 32.0 Å². The molecule has 2 saturated heterocycles. The van der Waals surface area contributed by atoms with E-state index in [2.05, 4.69) is 41.8 Å². The number of halogens is 1. The molecule has 1 aromatic carbocycles. The van der Waals surface area contributed by atoms with Crippen LogP contribution in [0.5, 0.6) is 0 Å². The number of amides is 2. The van der Waals surface area contributed by atoms with Crippen LogP contribution in [-0.4, -0.2) is 36.9 Å². The van der Waals surface area contributed by atoms with Crippen LogP contribution in [0.25, 0.3) is 0 Å². The Bertz CT molecular complexity index is 578. The highest BCUT2D eigenvalue weighted by Crippen LogP contribution is 2.52. The lowest BCUT2D eigenvalue weighted by molar-refractivity contribution is -0.148. The number of rotatable bonds is 3. The lowest BCUT2D eigenvalue weighted by atomic mass is 10.0. The van der Waals surface area contributed by atoms with Crippen molar-refractivity contribution in [2.45, 2.75) is 40.5 Å². The van der Waals surface area contributed by atoms with Crippen molar-refractivity contribution in [3.05, 3.63) is 35.9 Å². The fraction of sp³-hybridized carbons (Fsp3) is 0.467. The van der Waals surface area contributed by atoms with Gasteiger partial charge in [-0.2, -0.15) is 0 Å². The Morgan fingerprint density at radius 1 is 1.38 bits per heavy atom. The van der Waals surface area contributed by atoms with Crippen molar-refractivity contribution in [3.63, 3.8) is 0 Å². The fourth-order valence-electron chi connectivity index (χ4n) is 2.69. The minimum Gasteiger partial charge on any atom is -0.341 e. The van der Waals surface area contributed by atoms with E-state index in [0.29, 0.717) is 6.42 Å². The Labute approximate surface area is 142 Å². The third kappa shape index (κ3) is 2.67. The third-order valence-corrected chi connectivity index (χ3v) is 8.00. The molecule has 6 heteroatoms. The molecule has 2 amide bonds. The van der Waals surface area contributed by atoms with Gasteiger partial charge in [-0.3, -0.25) is 9.59 Å². The van der Waals surface area contributed by atoms with Gasteiger partial charge in [-0.1, -0.05) is 52.9 Å². The fourth-order valence-corrected chi connectivity index (χ4v) is 5.48. The van der Waals surface area contributed by atoms with Crippen molar-refractivity contribution in [1.82, 2.24) is 10.2 Å². The maximum absolute atomic E-state index is 12.2. The number of carbonyl (C=O) groups is 2. The molecule has 0 bridgehead atoms. The Kier molecular flexibility index (Phi) is 3.94. The Hall–Kier alpha value is -0.760. The molecule has 21 heavy (non-hydrogen) atoms. The zero-order valence-corrected chi connectivity index (χ0v) is 14.8. The highest BCUT2D eigenvalue weighted by molar-refractivity contribution is 14.1. The zero-order valence-electron chi connectivity index (χ0n) is 11.9. The molecule has 1 aromatic rings. The topological polar surface area (TPSA) is 49.4 Å². The van der Waals surface area contributed by atoms with E-state index in [9.17, 15) is 9.59 Å². The SMILES string of the molecule is CC1(C)S[C@@H]2[C@H](NC(=O)Cc3ccccc3)C(=O)N2[C@H]1I. The van der Waals surface area contributed by atoms with Crippen LogP contribution in [0.15, 0.2) is 30.3 Å². The lowest BCUT2D eigenvalue weighted by Crippen LogP contribution is -2.68. The molecule has 2 heterocycles. The first-order chi connectivity index (χ1) is 9.90. The molecule has 1 N–H and O–H groups in total. The monoisotopic (exact) mass is 416 g/mol. The number of benzene rings is 1. The Balaban J connectivity index is 1.62. The van der Waals surface area contributed by atoms with Crippen LogP contribution in [0.1, 0.15) is 19.4 Å². The Morgan fingerprint density at radius 3 is 2.71 bits per heavy atom. The second-order valence-electron chi connectivity index (χ2n) is 5.90. The van der Waals surface area contributed by atoms with E-state index in [0.717, 1.165) is 5.56 Å². The van der Waals surface area contributed by atoms with Gasteiger partial charge in [0.2, 0.25) is 11.8 Å². The molecular weight excluding hydrogens is 399 g/mol. The van der Waals surface area contributed by atoms with Crippen molar-refractivity contribution in [2.24, 2.45) is 0 Å². The van der Waals surface area contributed by atoms with Gasteiger partial charge in [0.25, 0.3) is 0 Å². The van der Waals surface area contributed by atoms with Crippen molar-refractivity contribution < 1.29 is 9.59 Å². The number of alkyl halides is 1. The largest absolute Gasteiger partial charge is 0.341 e. The van der Waals surface area contributed by atoms with E-state index >= 15 is 0 Å². The molecule has 2 fully saturated rings. The predicted molar refractivity (Wildman–Crippen MR) is 92.2 cm³/mol. The van der Waals surface area contributed by atoms with Gasteiger partial charge in [0, 0.05) is 4.75 Å². The van der Waals surface area contributed by atoms with Crippen LogP contribution < -0.4 is 5.32 Å². The number of nitrogens with one attached hydrogen (secondary N) is 1. The van der Waals surface area contributed by atoms with Crippen molar-refractivity contribution >= 4 is 46.2 Å². The summed E-state index contributed by atoms with van der Waals surface area (Å²) in [7, 11) is 0. The van der Waals surface area contributed by atoms with Gasteiger partial charge in [-0.15, -0.1) is 11.8 Å². The quantitative estimate of drug-likeness (QED) is 0.356. The van der Waals surface area contributed by atoms with E-state index in [1.807, 2.05) is 35.2 Å². The van der Waals surface area contributed by atoms with Gasteiger partial charge in [0.15, 0.2) is 0 Å². The average Bonchev–Trinajstić information content (AvgIpc) is 2.65. The van der Waals surface area contributed by atoms with Gasteiger partial charge >= 0.3 is 0 Å². The van der Waals surface area contributed by atoms with E-state index in [4.69, 9.17) is 0 Å². The van der Waals surface area contributed by atoms with Crippen LogP contribution in [0.2, 0.25) is 0 Å². The molecule has 3 rings (SSSR count). The molecule has 0 aromatic heterocycles. The highest BCUT2D eigenvalue weighted by Gasteiger charge is 2.60. The van der Waals surface area contributed by atoms with E-state index in [1.54, 1.807) is 11.8 Å².